The molecule has 0 aliphatic rings. The Hall–Kier alpha value is -0.520. The van der Waals surface area contributed by atoms with E-state index in [2.05, 4.69) is 0 Å². The van der Waals surface area contributed by atoms with Gasteiger partial charge in [-0.15, -0.1) is 9.06 Å². The summed E-state index contributed by atoms with van der Waals surface area (Å²) < 4.78 is 31.3. The van der Waals surface area contributed by atoms with E-state index in [1.807, 2.05) is 31.2 Å². The van der Waals surface area contributed by atoms with Crippen molar-refractivity contribution in [3.63, 3.8) is 0 Å². The van der Waals surface area contributed by atoms with Crippen molar-refractivity contribution in [3.05, 3.63) is 35.4 Å². The van der Waals surface area contributed by atoms with E-state index < -0.39 is 18.2 Å². The van der Waals surface area contributed by atoms with Gasteiger partial charge in [-0.25, -0.2) is 0 Å². The molecule has 0 spiro atoms. The molecule has 0 unspecified atom stereocenters. The minimum absolute atomic E-state index is 0.395. The number of aryl methyl sites for hydroxylation is 1. The molecular formula is C10H16O3S2. The van der Waals surface area contributed by atoms with Gasteiger partial charge in [0.15, 0.2) is 0 Å². The lowest BCUT2D eigenvalue weighted by atomic mass is 10.2. The fraction of sp³-hybridized carbons (Fsp3) is 0.400. The van der Waals surface area contributed by atoms with Crippen LogP contribution in [-0.4, -0.2) is 25.5 Å². The minimum Gasteiger partial charge on any atom is -0.278 e. The van der Waals surface area contributed by atoms with Gasteiger partial charge >= 0.3 is 9.15 Å². The number of hydrogen-bond acceptors (Lipinski definition) is 2. The molecule has 3 nitrogen and oxygen atoms in total. The van der Waals surface area contributed by atoms with E-state index in [4.69, 9.17) is 4.55 Å². The predicted molar refractivity (Wildman–Crippen MR) is 65.9 cm³/mol. The monoisotopic (exact) mass is 248 g/mol. The maximum Gasteiger partial charge on any atom is 0.302 e. The fourth-order valence-corrected chi connectivity index (χ4v) is 3.16. The summed E-state index contributed by atoms with van der Waals surface area (Å²) >= 11 is 0. The van der Waals surface area contributed by atoms with Crippen LogP contribution in [0.4, 0.5) is 0 Å². The lowest BCUT2D eigenvalue weighted by molar-refractivity contribution is 0.502. The summed E-state index contributed by atoms with van der Waals surface area (Å²) in [6.07, 6.45) is 3.20. The highest BCUT2D eigenvalue weighted by molar-refractivity contribution is 8.87. The third-order valence-corrected chi connectivity index (χ3v) is 8.15. The first-order chi connectivity index (χ1) is 6.72. The first-order valence-electron chi connectivity index (χ1n) is 4.46. The van der Waals surface area contributed by atoms with Crippen molar-refractivity contribution < 1.29 is 13.0 Å². The van der Waals surface area contributed by atoms with Crippen LogP contribution in [0.25, 0.3) is 0 Å². The van der Waals surface area contributed by atoms with Crippen molar-refractivity contribution in [1.82, 2.24) is 0 Å². The molecule has 1 rings (SSSR count). The number of benzene rings is 1. The zero-order valence-corrected chi connectivity index (χ0v) is 10.7. The van der Waals surface area contributed by atoms with Crippen molar-refractivity contribution in [2.45, 2.75) is 12.7 Å². The van der Waals surface area contributed by atoms with Gasteiger partial charge in [0, 0.05) is 5.75 Å². The summed E-state index contributed by atoms with van der Waals surface area (Å²) in [6.45, 7) is 1.98. The second-order valence-electron chi connectivity index (χ2n) is 3.99. The molecule has 0 saturated heterocycles. The van der Waals surface area contributed by atoms with Crippen LogP contribution in [0, 0.1) is 6.92 Å². The lowest BCUT2D eigenvalue weighted by Gasteiger charge is -2.26. The van der Waals surface area contributed by atoms with Gasteiger partial charge in [0.25, 0.3) is 0 Å². The average Bonchev–Trinajstić information content (AvgIpc) is 2.06. The molecular weight excluding hydrogens is 232 g/mol. The maximum atomic E-state index is 11.1. The van der Waals surface area contributed by atoms with Gasteiger partial charge in [0.2, 0.25) is 0 Å². The third kappa shape index (κ3) is 3.22. The van der Waals surface area contributed by atoms with E-state index in [0.717, 1.165) is 11.1 Å². The molecule has 0 fully saturated rings. The van der Waals surface area contributed by atoms with Crippen LogP contribution in [-0.2, 0) is 14.9 Å². The Bertz CT molecular complexity index is 432. The molecule has 0 aliphatic carbocycles. The third-order valence-electron chi connectivity index (χ3n) is 2.21. The largest absolute Gasteiger partial charge is 0.302 e. The van der Waals surface area contributed by atoms with Gasteiger partial charge < -0.3 is 0 Å². The Balaban J connectivity index is 2.92. The molecule has 1 aromatic rings. The molecule has 0 aliphatic heterocycles. The van der Waals surface area contributed by atoms with Crippen molar-refractivity contribution in [2.75, 3.05) is 12.5 Å². The van der Waals surface area contributed by atoms with Crippen LogP contribution in [0.1, 0.15) is 11.1 Å². The Labute approximate surface area is 92.0 Å². The Morgan fingerprint density at radius 1 is 1.13 bits per heavy atom. The molecule has 0 heterocycles. The molecule has 15 heavy (non-hydrogen) atoms. The summed E-state index contributed by atoms with van der Waals surface area (Å²) in [7, 11) is -5.96. The smallest absolute Gasteiger partial charge is 0.278 e. The fourth-order valence-electron chi connectivity index (χ4n) is 1.16. The summed E-state index contributed by atoms with van der Waals surface area (Å²) in [5.74, 6) is 0.395. The van der Waals surface area contributed by atoms with E-state index in [1.54, 1.807) is 12.5 Å². The second-order valence-corrected chi connectivity index (χ2v) is 12.0. The van der Waals surface area contributed by atoms with E-state index in [9.17, 15) is 8.42 Å². The van der Waals surface area contributed by atoms with Gasteiger partial charge in [-0.05, 0) is 25.0 Å². The molecule has 0 radical (unpaired) electrons. The van der Waals surface area contributed by atoms with Crippen molar-refractivity contribution in [1.29, 1.82) is 0 Å². The zero-order chi connectivity index (χ0) is 11.7. The second kappa shape index (κ2) is 4.15. The highest BCUT2D eigenvalue weighted by Gasteiger charge is 2.26. The molecule has 0 amide bonds. The minimum atomic E-state index is -3.93. The molecule has 0 bridgehead atoms. The van der Waals surface area contributed by atoms with Crippen molar-refractivity contribution >= 4 is 18.2 Å². The Morgan fingerprint density at radius 3 is 2.00 bits per heavy atom. The average molecular weight is 248 g/mol. The normalized spacial score (nSPS) is 13.9. The standard InChI is InChI=1S/C10H16O3S2/c1-9-4-6-10(7-5-9)8-14(2,3)15(11,12)13/h4-7H,8H2,1-3H3,(H,11,12,13). The first-order valence-corrected chi connectivity index (χ1v) is 9.04. The van der Waals surface area contributed by atoms with E-state index in [-0.39, 0.29) is 0 Å². The Morgan fingerprint density at radius 2 is 1.60 bits per heavy atom. The van der Waals surface area contributed by atoms with Crippen molar-refractivity contribution in [2.24, 2.45) is 0 Å². The molecule has 0 saturated carbocycles. The summed E-state index contributed by atoms with van der Waals surface area (Å²) in [5.41, 5.74) is 2.08. The van der Waals surface area contributed by atoms with E-state index >= 15 is 0 Å². The van der Waals surface area contributed by atoms with E-state index in [1.165, 1.54) is 0 Å². The van der Waals surface area contributed by atoms with Gasteiger partial charge in [-0.3, -0.25) is 4.55 Å². The molecule has 86 valence electrons. The van der Waals surface area contributed by atoms with Crippen molar-refractivity contribution in [3.8, 4) is 0 Å². The maximum absolute atomic E-state index is 11.1. The van der Waals surface area contributed by atoms with Crippen LogP contribution in [0.5, 0.6) is 0 Å². The number of rotatable bonds is 3. The highest BCUT2D eigenvalue weighted by atomic mass is 33.2. The summed E-state index contributed by atoms with van der Waals surface area (Å²) in [4.78, 5) is 0. The van der Waals surface area contributed by atoms with Crippen LogP contribution in [0.3, 0.4) is 0 Å². The molecule has 1 N–H and O–H groups in total. The van der Waals surface area contributed by atoms with Gasteiger partial charge in [0.1, 0.15) is 0 Å². The molecule has 0 aromatic heterocycles. The SMILES string of the molecule is Cc1ccc(CS(C)(C)S(=O)(=O)O)cc1. The predicted octanol–water partition coefficient (Wildman–Crippen LogP) is 2.36. The quantitative estimate of drug-likeness (QED) is 0.660. The molecule has 1 aromatic carbocycles. The van der Waals surface area contributed by atoms with Crippen LogP contribution >= 0.6 is 9.06 Å². The van der Waals surface area contributed by atoms with Gasteiger partial charge in [-0.2, -0.15) is 8.42 Å². The Kier molecular flexibility index (Phi) is 3.48. The number of hydrogen-bond donors (Lipinski definition) is 1. The first kappa shape index (κ1) is 12.5. The van der Waals surface area contributed by atoms with Gasteiger partial charge in [-0.1, -0.05) is 29.8 Å². The summed E-state index contributed by atoms with van der Waals surface area (Å²) in [5, 5.41) is 0. The van der Waals surface area contributed by atoms with Crippen LogP contribution in [0.2, 0.25) is 0 Å². The molecule has 5 heteroatoms. The van der Waals surface area contributed by atoms with E-state index in [0.29, 0.717) is 5.75 Å². The van der Waals surface area contributed by atoms with Crippen LogP contribution < -0.4 is 0 Å². The van der Waals surface area contributed by atoms with Crippen LogP contribution in [0.15, 0.2) is 24.3 Å². The lowest BCUT2D eigenvalue weighted by Crippen LogP contribution is -2.11. The highest BCUT2D eigenvalue weighted by Crippen LogP contribution is 2.48. The van der Waals surface area contributed by atoms with Gasteiger partial charge in [0.05, 0.1) is 0 Å². The summed E-state index contributed by atoms with van der Waals surface area (Å²) in [6, 6.07) is 7.67. The topological polar surface area (TPSA) is 54.4 Å². The zero-order valence-electron chi connectivity index (χ0n) is 9.10. The molecule has 0 atom stereocenters.